The molecule has 0 radical (unpaired) electrons. The number of amides is 1. The molecule has 1 amide bonds. The van der Waals surface area contributed by atoms with Gasteiger partial charge in [0.25, 0.3) is 5.56 Å². The quantitative estimate of drug-likeness (QED) is 0.695. The summed E-state index contributed by atoms with van der Waals surface area (Å²) in [7, 11) is 1.60. The van der Waals surface area contributed by atoms with E-state index < -0.39 is 0 Å². The Morgan fingerprint density at radius 3 is 2.54 bits per heavy atom. The minimum atomic E-state index is -0.280. The maximum atomic E-state index is 12.2. The third kappa shape index (κ3) is 4.24. The van der Waals surface area contributed by atoms with Gasteiger partial charge in [-0.05, 0) is 35.9 Å². The number of aromatic nitrogens is 2. The lowest BCUT2D eigenvalue weighted by molar-refractivity contribution is -0.111. The summed E-state index contributed by atoms with van der Waals surface area (Å²) in [6.45, 7) is 0. The number of H-pyrrole nitrogens is 1. The number of para-hydroxylation sites is 1. The molecule has 6 nitrogen and oxygen atoms in total. The molecule has 0 atom stereocenters. The summed E-state index contributed by atoms with van der Waals surface area (Å²) in [6, 6.07) is 17.6. The highest BCUT2D eigenvalue weighted by Gasteiger charge is 2.08. The lowest BCUT2D eigenvalue weighted by Gasteiger charge is -2.08. The second-order valence-corrected chi connectivity index (χ2v) is 5.45. The van der Waals surface area contributed by atoms with Crippen LogP contribution in [0.4, 0.5) is 5.69 Å². The summed E-state index contributed by atoms with van der Waals surface area (Å²) >= 11 is 0. The smallest absolute Gasteiger partial charge is 0.264 e. The number of aromatic amines is 1. The van der Waals surface area contributed by atoms with E-state index in [0.717, 1.165) is 16.9 Å². The van der Waals surface area contributed by atoms with Crippen LogP contribution < -0.4 is 15.6 Å². The summed E-state index contributed by atoms with van der Waals surface area (Å²) < 4.78 is 5.10. The topological polar surface area (TPSA) is 84.1 Å². The van der Waals surface area contributed by atoms with Crippen LogP contribution in [0.3, 0.4) is 0 Å². The predicted octanol–water partition coefficient (Wildman–Crippen LogP) is 3.10. The molecule has 2 aromatic carbocycles. The third-order valence-corrected chi connectivity index (χ3v) is 3.68. The molecular weight excluding hydrogens is 330 g/mol. The van der Waals surface area contributed by atoms with Crippen molar-refractivity contribution < 1.29 is 9.53 Å². The number of carbonyl (C=O) groups excluding carboxylic acids is 1. The normalized spacial score (nSPS) is 10.7. The van der Waals surface area contributed by atoms with Crippen LogP contribution in [0.25, 0.3) is 17.3 Å². The van der Waals surface area contributed by atoms with Gasteiger partial charge in [0.2, 0.25) is 5.91 Å². The van der Waals surface area contributed by atoms with E-state index in [9.17, 15) is 9.59 Å². The Morgan fingerprint density at radius 1 is 1.08 bits per heavy atom. The van der Waals surface area contributed by atoms with Crippen molar-refractivity contribution in [1.29, 1.82) is 0 Å². The largest absolute Gasteiger partial charge is 0.497 e. The SMILES string of the molecule is COc1ccc(/C=C/C(=O)Nc2ccccc2-c2ccc(=O)[nH]n2)cc1. The lowest BCUT2D eigenvalue weighted by atomic mass is 10.1. The molecule has 2 N–H and O–H groups in total. The Balaban J connectivity index is 1.76. The van der Waals surface area contributed by atoms with Crippen molar-refractivity contribution in [2.45, 2.75) is 0 Å². The van der Waals surface area contributed by atoms with Crippen molar-refractivity contribution in [3.8, 4) is 17.0 Å². The number of rotatable bonds is 5. The summed E-state index contributed by atoms with van der Waals surface area (Å²) in [5.41, 5.74) is 2.50. The van der Waals surface area contributed by atoms with Crippen molar-refractivity contribution in [1.82, 2.24) is 10.2 Å². The number of hydrogen-bond donors (Lipinski definition) is 2. The third-order valence-electron chi connectivity index (χ3n) is 3.68. The first-order valence-corrected chi connectivity index (χ1v) is 7.94. The average molecular weight is 347 g/mol. The molecular formula is C20H17N3O3. The van der Waals surface area contributed by atoms with Gasteiger partial charge in [0.05, 0.1) is 18.5 Å². The van der Waals surface area contributed by atoms with Gasteiger partial charge < -0.3 is 10.1 Å². The van der Waals surface area contributed by atoms with Gasteiger partial charge >= 0.3 is 0 Å². The highest BCUT2D eigenvalue weighted by molar-refractivity contribution is 6.04. The number of nitrogens with one attached hydrogen (secondary N) is 2. The lowest BCUT2D eigenvalue weighted by Crippen LogP contribution is -2.10. The highest BCUT2D eigenvalue weighted by atomic mass is 16.5. The van der Waals surface area contributed by atoms with E-state index in [-0.39, 0.29) is 11.5 Å². The van der Waals surface area contributed by atoms with E-state index in [0.29, 0.717) is 11.4 Å². The Morgan fingerprint density at radius 2 is 1.85 bits per heavy atom. The summed E-state index contributed by atoms with van der Waals surface area (Å²) in [4.78, 5) is 23.4. The van der Waals surface area contributed by atoms with Gasteiger partial charge in [-0.25, -0.2) is 5.10 Å². The molecule has 3 rings (SSSR count). The zero-order chi connectivity index (χ0) is 18.4. The molecule has 0 aliphatic rings. The van der Waals surface area contributed by atoms with Crippen LogP contribution in [-0.2, 0) is 4.79 Å². The van der Waals surface area contributed by atoms with Crippen LogP contribution in [0.15, 0.2) is 71.5 Å². The molecule has 0 unspecified atom stereocenters. The zero-order valence-corrected chi connectivity index (χ0v) is 14.1. The summed E-state index contributed by atoms with van der Waals surface area (Å²) in [6.07, 6.45) is 3.18. The standard InChI is InChI=1S/C20H17N3O3/c1-26-15-9-6-14(7-10-15)8-12-19(24)21-17-5-3-2-4-16(17)18-11-13-20(25)23-22-18/h2-13H,1H3,(H,21,24)(H,23,25)/b12-8+. The summed E-state index contributed by atoms with van der Waals surface area (Å²) in [5, 5.41) is 9.23. The molecule has 0 saturated carbocycles. The van der Waals surface area contributed by atoms with Gasteiger partial charge in [-0.3, -0.25) is 9.59 Å². The number of ether oxygens (including phenoxy) is 1. The molecule has 6 heteroatoms. The second-order valence-electron chi connectivity index (χ2n) is 5.45. The van der Waals surface area contributed by atoms with Gasteiger partial charge in [0.1, 0.15) is 5.75 Å². The maximum absolute atomic E-state index is 12.2. The Hall–Kier alpha value is -3.67. The maximum Gasteiger partial charge on any atom is 0.264 e. The van der Waals surface area contributed by atoms with Crippen molar-refractivity contribution in [3.63, 3.8) is 0 Å². The Bertz CT molecular complexity index is 971. The minimum Gasteiger partial charge on any atom is -0.497 e. The monoisotopic (exact) mass is 347 g/mol. The van der Waals surface area contributed by atoms with E-state index in [1.807, 2.05) is 42.5 Å². The van der Waals surface area contributed by atoms with Crippen molar-refractivity contribution >= 4 is 17.7 Å². The molecule has 26 heavy (non-hydrogen) atoms. The number of benzene rings is 2. The zero-order valence-electron chi connectivity index (χ0n) is 14.1. The molecule has 0 fully saturated rings. The molecule has 130 valence electrons. The van der Waals surface area contributed by atoms with Crippen molar-refractivity contribution in [3.05, 3.63) is 82.7 Å². The number of carbonyl (C=O) groups is 1. The fourth-order valence-corrected chi connectivity index (χ4v) is 2.37. The molecule has 0 aliphatic heterocycles. The predicted molar refractivity (Wildman–Crippen MR) is 101 cm³/mol. The van der Waals surface area contributed by atoms with Crippen LogP contribution in [0.1, 0.15) is 5.56 Å². The van der Waals surface area contributed by atoms with Crippen LogP contribution in [0.5, 0.6) is 5.75 Å². The van der Waals surface area contributed by atoms with Crippen molar-refractivity contribution in [2.24, 2.45) is 0 Å². The molecule has 1 aromatic heterocycles. The van der Waals surface area contributed by atoms with Gasteiger partial charge in [-0.15, -0.1) is 0 Å². The highest BCUT2D eigenvalue weighted by Crippen LogP contribution is 2.25. The Kier molecular flexibility index (Phi) is 5.24. The first kappa shape index (κ1) is 17.2. The average Bonchev–Trinajstić information content (AvgIpc) is 2.68. The second kappa shape index (κ2) is 7.94. The molecule has 0 spiro atoms. The number of hydrogen-bond acceptors (Lipinski definition) is 4. The fraction of sp³-hybridized carbons (Fsp3) is 0.0500. The van der Waals surface area contributed by atoms with E-state index >= 15 is 0 Å². The molecule has 0 saturated heterocycles. The minimum absolute atomic E-state index is 0.266. The van der Waals surface area contributed by atoms with E-state index in [1.165, 1.54) is 12.1 Å². The molecule has 0 bridgehead atoms. The van der Waals surface area contributed by atoms with Crippen molar-refractivity contribution in [2.75, 3.05) is 12.4 Å². The van der Waals surface area contributed by atoms with Crippen LogP contribution in [0, 0.1) is 0 Å². The molecule has 0 aliphatic carbocycles. The van der Waals surface area contributed by atoms with Gasteiger partial charge in [0.15, 0.2) is 0 Å². The first-order chi connectivity index (χ1) is 12.7. The van der Waals surface area contributed by atoms with Crippen LogP contribution in [-0.4, -0.2) is 23.2 Å². The fourth-order valence-electron chi connectivity index (χ4n) is 2.37. The van der Waals surface area contributed by atoms with Gasteiger partial charge in [-0.2, -0.15) is 5.10 Å². The Labute approximate surface area is 150 Å². The number of anilines is 1. The van der Waals surface area contributed by atoms with E-state index in [2.05, 4.69) is 15.5 Å². The number of methoxy groups -OCH3 is 1. The molecule has 3 aromatic rings. The van der Waals surface area contributed by atoms with E-state index in [4.69, 9.17) is 4.74 Å². The number of nitrogens with zero attached hydrogens (tertiary/aromatic N) is 1. The summed E-state index contributed by atoms with van der Waals surface area (Å²) in [5.74, 6) is 0.492. The van der Waals surface area contributed by atoms with E-state index in [1.54, 1.807) is 25.3 Å². The first-order valence-electron chi connectivity index (χ1n) is 7.94. The van der Waals surface area contributed by atoms with Crippen LogP contribution in [0.2, 0.25) is 0 Å². The van der Waals surface area contributed by atoms with Gasteiger partial charge in [-0.1, -0.05) is 30.3 Å². The van der Waals surface area contributed by atoms with Crippen LogP contribution >= 0.6 is 0 Å². The van der Waals surface area contributed by atoms with Gasteiger partial charge in [0, 0.05) is 17.7 Å². The molecule has 1 heterocycles.